The van der Waals surface area contributed by atoms with E-state index < -0.39 is 0 Å². The summed E-state index contributed by atoms with van der Waals surface area (Å²) in [6.45, 7) is 7.92. The van der Waals surface area contributed by atoms with Crippen LogP contribution in [0.3, 0.4) is 0 Å². The number of nitrogens with one attached hydrogen (secondary N) is 1. The van der Waals surface area contributed by atoms with Gasteiger partial charge >= 0.3 is 0 Å². The molecule has 1 saturated heterocycles. The molecule has 1 N–H and O–H groups in total. The van der Waals surface area contributed by atoms with Crippen LogP contribution in [0.4, 0.5) is 0 Å². The Morgan fingerprint density at radius 1 is 1.47 bits per heavy atom. The molecule has 0 aromatic heterocycles. The molecular formula is C12H26N2O. The van der Waals surface area contributed by atoms with Crippen molar-refractivity contribution < 1.29 is 4.74 Å². The van der Waals surface area contributed by atoms with Crippen LogP contribution in [0.15, 0.2) is 0 Å². The third-order valence-electron chi connectivity index (χ3n) is 3.10. The van der Waals surface area contributed by atoms with Crippen LogP contribution in [0.25, 0.3) is 0 Å². The highest BCUT2D eigenvalue weighted by atomic mass is 16.5. The van der Waals surface area contributed by atoms with Gasteiger partial charge in [0.05, 0.1) is 0 Å². The van der Waals surface area contributed by atoms with Crippen LogP contribution in [-0.4, -0.2) is 50.8 Å². The molecule has 3 nitrogen and oxygen atoms in total. The highest BCUT2D eigenvalue weighted by molar-refractivity contribution is 4.80. The number of methoxy groups -OCH3 is 1. The van der Waals surface area contributed by atoms with Crippen molar-refractivity contribution in [3.8, 4) is 0 Å². The molecule has 0 amide bonds. The highest BCUT2D eigenvalue weighted by Crippen LogP contribution is 2.16. The maximum absolute atomic E-state index is 5.09. The molecule has 15 heavy (non-hydrogen) atoms. The molecule has 1 fully saturated rings. The second-order valence-corrected chi connectivity index (χ2v) is 4.38. The molecule has 0 aliphatic carbocycles. The lowest BCUT2D eigenvalue weighted by atomic mass is 10.2. The maximum atomic E-state index is 5.09. The normalized spacial score (nSPS) is 22.4. The minimum absolute atomic E-state index is 0.772. The molecule has 1 rings (SSSR count). The zero-order valence-corrected chi connectivity index (χ0v) is 10.3. The fraction of sp³-hybridized carbons (Fsp3) is 1.00. The van der Waals surface area contributed by atoms with Crippen molar-refractivity contribution in [3.63, 3.8) is 0 Å². The molecule has 3 heteroatoms. The van der Waals surface area contributed by atoms with Crippen LogP contribution in [-0.2, 0) is 4.74 Å². The SMILES string of the molecule is CCCNCC1CCCN1CCCOC. The van der Waals surface area contributed by atoms with Crippen LogP contribution in [0.1, 0.15) is 32.6 Å². The van der Waals surface area contributed by atoms with Gasteiger partial charge in [-0.3, -0.25) is 4.90 Å². The molecule has 1 aliphatic rings. The van der Waals surface area contributed by atoms with E-state index in [2.05, 4.69) is 17.1 Å². The molecule has 0 aromatic rings. The van der Waals surface area contributed by atoms with Crippen LogP contribution in [0.5, 0.6) is 0 Å². The van der Waals surface area contributed by atoms with Crippen LogP contribution < -0.4 is 5.32 Å². The molecule has 0 spiro atoms. The summed E-state index contributed by atoms with van der Waals surface area (Å²) in [6.07, 6.45) is 5.13. The Kier molecular flexibility index (Phi) is 6.98. The van der Waals surface area contributed by atoms with Crippen molar-refractivity contribution in [2.45, 2.75) is 38.6 Å². The Morgan fingerprint density at radius 3 is 3.07 bits per heavy atom. The standard InChI is InChI=1S/C12H26N2O/c1-3-7-13-11-12-6-4-8-14(12)9-5-10-15-2/h12-13H,3-11H2,1-2H3. The maximum Gasteiger partial charge on any atom is 0.0474 e. The summed E-state index contributed by atoms with van der Waals surface area (Å²) in [4.78, 5) is 2.61. The van der Waals surface area contributed by atoms with E-state index in [1.54, 1.807) is 7.11 Å². The predicted octanol–water partition coefficient (Wildman–Crippen LogP) is 1.49. The summed E-state index contributed by atoms with van der Waals surface area (Å²) < 4.78 is 5.09. The van der Waals surface area contributed by atoms with E-state index in [1.807, 2.05) is 0 Å². The molecule has 0 radical (unpaired) electrons. The van der Waals surface area contributed by atoms with Gasteiger partial charge in [-0.1, -0.05) is 6.92 Å². The molecule has 0 aromatic carbocycles. The van der Waals surface area contributed by atoms with E-state index in [0.717, 1.165) is 19.2 Å². The van der Waals surface area contributed by atoms with Crippen molar-refractivity contribution in [2.24, 2.45) is 0 Å². The topological polar surface area (TPSA) is 24.5 Å². The Morgan fingerprint density at radius 2 is 2.33 bits per heavy atom. The smallest absolute Gasteiger partial charge is 0.0474 e. The van der Waals surface area contributed by atoms with Gasteiger partial charge in [0.2, 0.25) is 0 Å². The molecule has 90 valence electrons. The van der Waals surface area contributed by atoms with Gasteiger partial charge in [0.1, 0.15) is 0 Å². The van der Waals surface area contributed by atoms with E-state index in [4.69, 9.17) is 4.74 Å². The summed E-state index contributed by atoms with van der Waals surface area (Å²) in [5, 5.41) is 3.52. The Hall–Kier alpha value is -0.120. The van der Waals surface area contributed by atoms with Crippen LogP contribution in [0.2, 0.25) is 0 Å². The summed E-state index contributed by atoms with van der Waals surface area (Å²) >= 11 is 0. The van der Waals surface area contributed by atoms with Crippen molar-refractivity contribution in [1.29, 1.82) is 0 Å². The van der Waals surface area contributed by atoms with Crippen molar-refractivity contribution >= 4 is 0 Å². The molecule has 0 bridgehead atoms. The first-order chi connectivity index (χ1) is 7.38. The second kappa shape index (κ2) is 8.08. The number of likely N-dealkylation sites (tertiary alicyclic amines) is 1. The lowest BCUT2D eigenvalue weighted by Gasteiger charge is -2.24. The molecule has 1 atom stereocenters. The Balaban J connectivity index is 2.11. The summed E-state index contributed by atoms with van der Waals surface area (Å²) in [7, 11) is 1.78. The minimum Gasteiger partial charge on any atom is -0.385 e. The van der Waals surface area contributed by atoms with E-state index in [-0.39, 0.29) is 0 Å². The van der Waals surface area contributed by atoms with E-state index >= 15 is 0 Å². The number of hydrogen-bond acceptors (Lipinski definition) is 3. The zero-order chi connectivity index (χ0) is 10.9. The van der Waals surface area contributed by atoms with Crippen molar-refractivity contribution in [2.75, 3.05) is 39.9 Å². The first-order valence-electron chi connectivity index (χ1n) is 6.32. The van der Waals surface area contributed by atoms with Gasteiger partial charge in [-0.05, 0) is 38.8 Å². The summed E-state index contributed by atoms with van der Waals surface area (Å²) in [6, 6.07) is 0.772. The van der Waals surface area contributed by atoms with Gasteiger partial charge in [0.15, 0.2) is 0 Å². The largest absolute Gasteiger partial charge is 0.385 e. The van der Waals surface area contributed by atoms with Crippen molar-refractivity contribution in [3.05, 3.63) is 0 Å². The van der Waals surface area contributed by atoms with Crippen LogP contribution >= 0.6 is 0 Å². The molecule has 1 aliphatic heterocycles. The van der Waals surface area contributed by atoms with Gasteiger partial charge in [0.25, 0.3) is 0 Å². The molecule has 1 unspecified atom stereocenters. The zero-order valence-electron chi connectivity index (χ0n) is 10.3. The predicted molar refractivity (Wildman–Crippen MR) is 64.2 cm³/mol. The number of rotatable bonds is 8. The fourth-order valence-electron chi connectivity index (χ4n) is 2.28. The van der Waals surface area contributed by atoms with E-state index in [1.165, 1.54) is 45.3 Å². The average molecular weight is 214 g/mol. The van der Waals surface area contributed by atoms with Gasteiger partial charge in [-0.25, -0.2) is 0 Å². The number of hydrogen-bond donors (Lipinski definition) is 1. The first kappa shape index (κ1) is 12.9. The van der Waals surface area contributed by atoms with E-state index in [9.17, 15) is 0 Å². The third kappa shape index (κ3) is 4.96. The minimum atomic E-state index is 0.772. The number of nitrogens with zero attached hydrogens (tertiary/aromatic N) is 1. The van der Waals surface area contributed by atoms with Gasteiger partial charge in [-0.2, -0.15) is 0 Å². The van der Waals surface area contributed by atoms with Gasteiger partial charge in [0, 0.05) is 32.8 Å². The molecule has 1 heterocycles. The lowest BCUT2D eigenvalue weighted by molar-refractivity contribution is 0.166. The van der Waals surface area contributed by atoms with Gasteiger partial charge in [-0.15, -0.1) is 0 Å². The third-order valence-corrected chi connectivity index (χ3v) is 3.10. The summed E-state index contributed by atoms with van der Waals surface area (Å²) in [5.74, 6) is 0. The highest BCUT2D eigenvalue weighted by Gasteiger charge is 2.22. The molecule has 0 saturated carbocycles. The van der Waals surface area contributed by atoms with Gasteiger partial charge < -0.3 is 10.1 Å². The fourth-order valence-corrected chi connectivity index (χ4v) is 2.28. The monoisotopic (exact) mass is 214 g/mol. The molecular weight excluding hydrogens is 188 g/mol. The summed E-state index contributed by atoms with van der Waals surface area (Å²) in [5.41, 5.74) is 0. The first-order valence-corrected chi connectivity index (χ1v) is 6.32. The Labute approximate surface area is 94.2 Å². The number of ether oxygens (including phenoxy) is 1. The average Bonchev–Trinajstić information content (AvgIpc) is 2.67. The van der Waals surface area contributed by atoms with Crippen LogP contribution in [0, 0.1) is 0 Å². The lowest BCUT2D eigenvalue weighted by Crippen LogP contribution is -2.38. The van der Waals surface area contributed by atoms with E-state index in [0.29, 0.717) is 0 Å². The quantitative estimate of drug-likeness (QED) is 0.620. The Bertz CT molecular complexity index is 137. The second-order valence-electron chi connectivity index (χ2n) is 4.38. The van der Waals surface area contributed by atoms with Crippen molar-refractivity contribution in [1.82, 2.24) is 10.2 Å².